The lowest BCUT2D eigenvalue weighted by molar-refractivity contribution is 0.419. The summed E-state index contributed by atoms with van der Waals surface area (Å²) < 4.78 is 0. The highest BCUT2D eigenvalue weighted by Crippen LogP contribution is 2.29. The summed E-state index contributed by atoms with van der Waals surface area (Å²) >= 11 is 2.17. The second-order valence-electron chi connectivity index (χ2n) is 5.67. The van der Waals surface area contributed by atoms with E-state index in [2.05, 4.69) is 24.0 Å². The Labute approximate surface area is 105 Å². The van der Waals surface area contributed by atoms with Crippen molar-refractivity contribution in [2.24, 2.45) is 5.92 Å². The maximum atomic E-state index is 3.73. The lowest BCUT2D eigenvalue weighted by atomic mass is 9.99. The number of nitrogens with one attached hydrogen (secondary N) is 1. The molecule has 94 valence electrons. The monoisotopic (exact) mass is 241 g/mol. The van der Waals surface area contributed by atoms with E-state index in [1.54, 1.807) is 0 Å². The zero-order valence-electron chi connectivity index (χ0n) is 10.7. The summed E-state index contributed by atoms with van der Waals surface area (Å²) in [6.45, 7) is 3.62. The van der Waals surface area contributed by atoms with E-state index in [-0.39, 0.29) is 0 Å². The molecule has 1 aliphatic heterocycles. The highest BCUT2D eigenvalue weighted by Gasteiger charge is 2.18. The van der Waals surface area contributed by atoms with Crippen LogP contribution in [0.2, 0.25) is 0 Å². The first kappa shape index (κ1) is 12.8. The molecule has 1 aliphatic carbocycles. The zero-order valence-corrected chi connectivity index (χ0v) is 11.5. The van der Waals surface area contributed by atoms with Crippen LogP contribution in [0.5, 0.6) is 0 Å². The maximum Gasteiger partial charge on any atom is 0.0172 e. The Morgan fingerprint density at radius 1 is 1.19 bits per heavy atom. The lowest BCUT2D eigenvalue weighted by Crippen LogP contribution is -2.31. The fraction of sp³-hybridized carbons (Fsp3) is 1.00. The molecule has 2 heteroatoms. The van der Waals surface area contributed by atoms with Crippen LogP contribution in [-0.4, -0.2) is 23.6 Å². The molecule has 1 saturated heterocycles. The van der Waals surface area contributed by atoms with Gasteiger partial charge in [0.15, 0.2) is 0 Å². The van der Waals surface area contributed by atoms with Crippen LogP contribution in [0.15, 0.2) is 0 Å². The minimum Gasteiger partial charge on any atom is -0.313 e. The fourth-order valence-corrected chi connectivity index (χ4v) is 4.24. The van der Waals surface area contributed by atoms with Crippen molar-refractivity contribution in [3.05, 3.63) is 0 Å². The van der Waals surface area contributed by atoms with Crippen molar-refractivity contribution in [2.45, 2.75) is 69.6 Å². The smallest absolute Gasteiger partial charge is 0.0172 e. The molecule has 2 fully saturated rings. The number of rotatable bonds is 6. The first-order valence-corrected chi connectivity index (χ1v) is 8.24. The largest absolute Gasteiger partial charge is 0.313 e. The van der Waals surface area contributed by atoms with Gasteiger partial charge in [0.05, 0.1) is 0 Å². The number of hydrogen-bond donors (Lipinski definition) is 1. The molecule has 1 N–H and O–H groups in total. The average Bonchev–Trinajstić information content (AvgIpc) is 2.96. The van der Waals surface area contributed by atoms with Crippen LogP contribution in [0.3, 0.4) is 0 Å². The van der Waals surface area contributed by atoms with Crippen molar-refractivity contribution in [1.29, 1.82) is 0 Å². The Kier molecular flexibility index (Phi) is 5.51. The third-order valence-corrected chi connectivity index (χ3v) is 5.60. The fourth-order valence-electron chi connectivity index (χ4n) is 3.02. The minimum atomic E-state index is 0.738. The molecule has 1 nitrogen and oxygen atoms in total. The molecule has 0 aromatic heterocycles. The Morgan fingerprint density at radius 2 is 2.00 bits per heavy atom. The van der Waals surface area contributed by atoms with Crippen LogP contribution in [-0.2, 0) is 0 Å². The molecular formula is C14H27NS. The van der Waals surface area contributed by atoms with E-state index in [0.717, 1.165) is 17.2 Å². The quantitative estimate of drug-likeness (QED) is 0.758. The summed E-state index contributed by atoms with van der Waals surface area (Å²) in [6, 6.07) is 0.738. The first-order valence-electron chi connectivity index (χ1n) is 7.19. The highest BCUT2D eigenvalue weighted by atomic mass is 32.2. The summed E-state index contributed by atoms with van der Waals surface area (Å²) in [5.41, 5.74) is 0. The van der Waals surface area contributed by atoms with E-state index in [1.165, 1.54) is 63.7 Å². The predicted molar refractivity (Wildman–Crippen MR) is 74.1 cm³/mol. The molecule has 0 spiro atoms. The van der Waals surface area contributed by atoms with Gasteiger partial charge in [-0.1, -0.05) is 25.7 Å². The molecule has 2 rings (SSSR count). The van der Waals surface area contributed by atoms with Crippen LogP contribution in [0, 0.1) is 5.92 Å². The van der Waals surface area contributed by atoms with E-state index in [1.807, 2.05) is 0 Å². The zero-order chi connectivity index (χ0) is 11.2. The standard InChI is InChI=1S/C14H27NS/c1-12(8-9-13-5-2-3-6-13)15-11-14-7-4-10-16-14/h12-15H,2-11H2,1H3. The molecule has 0 aromatic rings. The Morgan fingerprint density at radius 3 is 2.69 bits per heavy atom. The number of hydrogen-bond acceptors (Lipinski definition) is 2. The predicted octanol–water partition coefficient (Wildman–Crippen LogP) is 3.83. The van der Waals surface area contributed by atoms with Crippen LogP contribution in [0.4, 0.5) is 0 Å². The summed E-state index contributed by atoms with van der Waals surface area (Å²) in [5, 5.41) is 4.64. The van der Waals surface area contributed by atoms with E-state index in [4.69, 9.17) is 0 Å². The molecular weight excluding hydrogens is 214 g/mol. The average molecular weight is 241 g/mol. The van der Waals surface area contributed by atoms with Gasteiger partial charge in [-0.25, -0.2) is 0 Å². The summed E-state index contributed by atoms with van der Waals surface area (Å²) in [7, 11) is 0. The number of thioether (sulfide) groups is 1. The highest BCUT2D eigenvalue weighted by molar-refractivity contribution is 8.00. The van der Waals surface area contributed by atoms with Gasteiger partial charge in [0.25, 0.3) is 0 Å². The van der Waals surface area contributed by atoms with Gasteiger partial charge in [0, 0.05) is 17.8 Å². The Balaban J connectivity index is 1.51. The molecule has 2 atom stereocenters. The van der Waals surface area contributed by atoms with E-state index in [0.29, 0.717) is 0 Å². The van der Waals surface area contributed by atoms with Crippen LogP contribution < -0.4 is 5.32 Å². The minimum absolute atomic E-state index is 0.738. The maximum absolute atomic E-state index is 3.73. The lowest BCUT2D eigenvalue weighted by Gasteiger charge is -2.18. The van der Waals surface area contributed by atoms with Gasteiger partial charge in [0.1, 0.15) is 0 Å². The molecule has 0 bridgehead atoms. The van der Waals surface area contributed by atoms with Gasteiger partial charge in [-0.3, -0.25) is 0 Å². The molecule has 1 saturated carbocycles. The normalized spacial score (nSPS) is 28.7. The van der Waals surface area contributed by atoms with Crippen LogP contribution in [0.25, 0.3) is 0 Å². The second kappa shape index (κ2) is 6.90. The molecule has 1 heterocycles. The summed E-state index contributed by atoms with van der Waals surface area (Å²) in [6.07, 6.45) is 11.7. The van der Waals surface area contributed by atoms with Crippen molar-refractivity contribution in [3.63, 3.8) is 0 Å². The van der Waals surface area contributed by atoms with Gasteiger partial charge in [-0.05, 0) is 44.3 Å². The summed E-state index contributed by atoms with van der Waals surface area (Å²) in [5.74, 6) is 2.45. The third kappa shape index (κ3) is 4.29. The topological polar surface area (TPSA) is 12.0 Å². The summed E-state index contributed by atoms with van der Waals surface area (Å²) in [4.78, 5) is 0. The van der Waals surface area contributed by atoms with Crippen molar-refractivity contribution >= 4 is 11.8 Å². The van der Waals surface area contributed by atoms with Crippen molar-refractivity contribution in [2.75, 3.05) is 12.3 Å². The third-order valence-electron chi connectivity index (χ3n) is 4.20. The van der Waals surface area contributed by atoms with Gasteiger partial charge in [-0.15, -0.1) is 0 Å². The van der Waals surface area contributed by atoms with Crippen LogP contribution in [0.1, 0.15) is 58.3 Å². The SMILES string of the molecule is CC(CCC1CCCC1)NCC1CCCS1. The molecule has 0 aromatic carbocycles. The Bertz CT molecular complexity index is 163. The first-order chi connectivity index (χ1) is 7.84. The van der Waals surface area contributed by atoms with E-state index >= 15 is 0 Å². The van der Waals surface area contributed by atoms with Gasteiger partial charge >= 0.3 is 0 Å². The van der Waals surface area contributed by atoms with Crippen LogP contribution >= 0.6 is 11.8 Å². The molecule has 2 unspecified atom stereocenters. The second-order valence-corrected chi connectivity index (χ2v) is 7.08. The van der Waals surface area contributed by atoms with Crippen molar-refractivity contribution in [1.82, 2.24) is 5.32 Å². The molecule has 2 aliphatic rings. The van der Waals surface area contributed by atoms with Crippen molar-refractivity contribution in [3.8, 4) is 0 Å². The molecule has 16 heavy (non-hydrogen) atoms. The van der Waals surface area contributed by atoms with Gasteiger partial charge in [0.2, 0.25) is 0 Å². The molecule has 0 amide bonds. The Hall–Kier alpha value is 0.310. The molecule has 0 radical (unpaired) electrons. The van der Waals surface area contributed by atoms with E-state index in [9.17, 15) is 0 Å². The van der Waals surface area contributed by atoms with Gasteiger partial charge < -0.3 is 5.32 Å². The van der Waals surface area contributed by atoms with Gasteiger partial charge in [-0.2, -0.15) is 11.8 Å². The van der Waals surface area contributed by atoms with Crippen molar-refractivity contribution < 1.29 is 0 Å². The van der Waals surface area contributed by atoms with E-state index < -0.39 is 0 Å².